The normalized spacial score (nSPS) is 23.8. The van der Waals surface area contributed by atoms with E-state index in [9.17, 15) is 9.59 Å². The van der Waals surface area contributed by atoms with Gasteiger partial charge in [0.1, 0.15) is 0 Å². The molecule has 3 aliphatic rings. The first kappa shape index (κ1) is 22.1. The number of piperidine rings is 1. The molecule has 5 nitrogen and oxygen atoms in total. The second kappa shape index (κ2) is 10.1. The zero-order valence-corrected chi connectivity index (χ0v) is 19.4. The minimum absolute atomic E-state index is 0.0991. The van der Waals surface area contributed by atoms with E-state index >= 15 is 0 Å². The molecule has 174 valence electrons. The molecule has 5 heteroatoms. The largest absolute Gasteiger partial charge is 0.353 e. The molecule has 0 spiro atoms. The van der Waals surface area contributed by atoms with Crippen LogP contribution in [0.15, 0.2) is 54.6 Å². The highest BCUT2D eigenvalue weighted by atomic mass is 16.2. The zero-order chi connectivity index (χ0) is 22.6. The maximum Gasteiger partial charge on any atom is 0.230 e. The predicted octanol–water partition coefficient (Wildman–Crippen LogP) is 4.16. The summed E-state index contributed by atoms with van der Waals surface area (Å²) in [6.45, 7) is 3.70. The Bertz CT molecular complexity index is 968. The molecule has 2 aromatic rings. The summed E-state index contributed by atoms with van der Waals surface area (Å²) in [6.07, 6.45) is 6.58. The number of nitrogens with zero attached hydrogens (tertiary/aromatic N) is 2. The third-order valence-electron chi connectivity index (χ3n) is 7.76. The van der Waals surface area contributed by atoms with Gasteiger partial charge in [-0.2, -0.15) is 0 Å². The number of rotatable bonds is 5. The Morgan fingerprint density at radius 1 is 0.818 bits per heavy atom. The molecule has 2 aromatic carbocycles. The van der Waals surface area contributed by atoms with E-state index in [0.29, 0.717) is 0 Å². The van der Waals surface area contributed by atoms with Gasteiger partial charge < -0.3 is 10.2 Å². The first-order chi connectivity index (χ1) is 16.2. The highest BCUT2D eigenvalue weighted by Crippen LogP contribution is 2.36. The maximum atomic E-state index is 13.5. The van der Waals surface area contributed by atoms with Gasteiger partial charge in [-0.3, -0.25) is 14.5 Å². The van der Waals surface area contributed by atoms with Crippen molar-refractivity contribution in [3.63, 3.8) is 0 Å². The average molecular weight is 446 g/mol. The lowest BCUT2D eigenvalue weighted by atomic mass is 9.77. The van der Waals surface area contributed by atoms with Crippen LogP contribution in [0, 0.1) is 11.8 Å². The predicted molar refractivity (Wildman–Crippen MR) is 131 cm³/mol. The number of benzene rings is 2. The molecule has 1 saturated heterocycles. The number of carbonyl (C=O) groups excluding carboxylic acids is 2. The van der Waals surface area contributed by atoms with E-state index in [2.05, 4.69) is 46.6 Å². The van der Waals surface area contributed by atoms with E-state index in [1.54, 1.807) is 0 Å². The number of likely N-dealkylation sites (tertiary alicyclic amines) is 1. The van der Waals surface area contributed by atoms with Crippen molar-refractivity contribution in [2.24, 2.45) is 11.8 Å². The number of nitrogens with one attached hydrogen (secondary N) is 1. The van der Waals surface area contributed by atoms with Crippen LogP contribution in [0.25, 0.3) is 0 Å². The zero-order valence-electron chi connectivity index (χ0n) is 19.4. The van der Waals surface area contributed by atoms with Gasteiger partial charge in [0, 0.05) is 43.8 Å². The summed E-state index contributed by atoms with van der Waals surface area (Å²) in [4.78, 5) is 31.3. The molecule has 5 rings (SSSR count). The van der Waals surface area contributed by atoms with Crippen LogP contribution in [0.4, 0.5) is 5.69 Å². The van der Waals surface area contributed by atoms with Crippen LogP contribution in [0.5, 0.6) is 0 Å². The topological polar surface area (TPSA) is 52.7 Å². The van der Waals surface area contributed by atoms with Crippen molar-refractivity contribution in [2.45, 2.75) is 57.5 Å². The Labute approximate surface area is 197 Å². The maximum absolute atomic E-state index is 13.5. The molecule has 1 N–H and O–H groups in total. The number of carbonyl (C=O) groups is 2. The van der Waals surface area contributed by atoms with Gasteiger partial charge in [-0.15, -0.1) is 0 Å². The molecule has 2 heterocycles. The molecule has 2 unspecified atom stereocenters. The summed E-state index contributed by atoms with van der Waals surface area (Å²) in [5.41, 5.74) is 3.62. The van der Waals surface area contributed by atoms with Crippen LogP contribution in [0.1, 0.15) is 49.7 Å². The fourth-order valence-electron chi connectivity index (χ4n) is 5.89. The fraction of sp³-hybridized carbons (Fsp3) is 0.500. The summed E-state index contributed by atoms with van der Waals surface area (Å²) >= 11 is 0. The van der Waals surface area contributed by atoms with Crippen molar-refractivity contribution in [3.05, 3.63) is 65.7 Å². The van der Waals surface area contributed by atoms with Crippen molar-refractivity contribution in [3.8, 4) is 0 Å². The van der Waals surface area contributed by atoms with Crippen molar-refractivity contribution >= 4 is 17.5 Å². The van der Waals surface area contributed by atoms with Gasteiger partial charge in [0.05, 0.1) is 5.92 Å². The number of hydrogen-bond acceptors (Lipinski definition) is 3. The molecule has 2 amide bonds. The Morgan fingerprint density at radius 2 is 1.52 bits per heavy atom. The molecule has 1 aliphatic carbocycles. The van der Waals surface area contributed by atoms with Gasteiger partial charge in [-0.05, 0) is 49.3 Å². The van der Waals surface area contributed by atoms with Crippen LogP contribution < -0.4 is 10.2 Å². The average Bonchev–Trinajstić information content (AvgIpc) is 3.30. The highest BCUT2D eigenvalue weighted by molar-refractivity contribution is 5.99. The quantitative estimate of drug-likeness (QED) is 0.752. The van der Waals surface area contributed by atoms with Crippen LogP contribution in [0.2, 0.25) is 0 Å². The monoisotopic (exact) mass is 445 g/mol. The van der Waals surface area contributed by atoms with E-state index in [-0.39, 0.29) is 29.7 Å². The Morgan fingerprint density at radius 3 is 2.30 bits per heavy atom. The Balaban J connectivity index is 1.17. The molecule has 0 radical (unpaired) electrons. The van der Waals surface area contributed by atoms with Crippen molar-refractivity contribution in [1.29, 1.82) is 0 Å². The first-order valence-electron chi connectivity index (χ1n) is 12.6. The lowest BCUT2D eigenvalue weighted by Gasteiger charge is -2.36. The molecule has 1 saturated carbocycles. The van der Waals surface area contributed by atoms with Crippen LogP contribution in [0.3, 0.4) is 0 Å². The lowest BCUT2D eigenvalue weighted by molar-refractivity contribution is -0.135. The summed E-state index contributed by atoms with van der Waals surface area (Å²) in [6, 6.07) is 19.0. The minimum atomic E-state index is -0.193. The second-order valence-corrected chi connectivity index (χ2v) is 9.91. The van der Waals surface area contributed by atoms with Gasteiger partial charge in [0.2, 0.25) is 11.8 Å². The number of anilines is 1. The van der Waals surface area contributed by atoms with Gasteiger partial charge in [0.25, 0.3) is 0 Å². The van der Waals surface area contributed by atoms with E-state index in [0.717, 1.165) is 76.8 Å². The summed E-state index contributed by atoms with van der Waals surface area (Å²) in [5.74, 6) is -0.135. The molecule has 2 fully saturated rings. The molecule has 0 aromatic heterocycles. The number of fused-ring (bicyclic) bond motifs is 1. The third-order valence-corrected chi connectivity index (χ3v) is 7.76. The first-order valence-corrected chi connectivity index (χ1v) is 12.6. The van der Waals surface area contributed by atoms with Gasteiger partial charge in [0.15, 0.2) is 0 Å². The van der Waals surface area contributed by atoms with Crippen molar-refractivity contribution in [1.82, 2.24) is 10.2 Å². The summed E-state index contributed by atoms with van der Waals surface area (Å²) in [5, 5.41) is 3.33. The Hall–Kier alpha value is -2.66. The molecule has 2 aliphatic heterocycles. The number of para-hydroxylation sites is 1. The Kier molecular flexibility index (Phi) is 6.77. The smallest absolute Gasteiger partial charge is 0.230 e. The van der Waals surface area contributed by atoms with Crippen LogP contribution >= 0.6 is 0 Å². The highest BCUT2D eigenvalue weighted by Gasteiger charge is 2.40. The standard InChI is InChI=1S/C28H35N3O2/c32-27(29-23-15-17-30(18-16-23)20-21-8-2-1-3-9-21)24-11-5-6-12-25(24)28(33)31-19-14-22-10-4-7-13-26(22)31/h1-4,7-10,13,23-25H,5-6,11-12,14-20H2,(H,29,32). The molecule has 33 heavy (non-hydrogen) atoms. The molecular weight excluding hydrogens is 410 g/mol. The van der Waals surface area contributed by atoms with Gasteiger partial charge in [-0.25, -0.2) is 0 Å². The minimum Gasteiger partial charge on any atom is -0.353 e. The number of hydrogen-bond donors (Lipinski definition) is 1. The van der Waals surface area contributed by atoms with E-state index in [4.69, 9.17) is 0 Å². The van der Waals surface area contributed by atoms with Crippen LogP contribution in [-0.2, 0) is 22.6 Å². The molecule has 0 bridgehead atoms. The second-order valence-electron chi connectivity index (χ2n) is 9.91. The number of amides is 2. The summed E-state index contributed by atoms with van der Waals surface area (Å²) in [7, 11) is 0. The van der Waals surface area contributed by atoms with Crippen LogP contribution in [-0.4, -0.2) is 42.4 Å². The molecule has 2 atom stereocenters. The van der Waals surface area contributed by atoms with E-state index in [1.807, 2.05) is 23.1 Å². The molecular formula is C28H35N3O2. The van der Waals surface area contributed by atoms with E-state index in [1.165, 1.54) is 11.1 Å². The SMILES string of the molecule is O=C(NC1CCN(Cc2ccccc2)CC1)C1CCCCC1C(=O)N1CCc2ccccc21. The van der Waals surface area contributed by atoms with Crippen molar-refractivity contribution < 1.29 is 9.59 Å². The van der Waals surface area contributed by atoms with Gasteiger partial charge >= 0.3 is 0 Å². The van der Waals surface area contributed by atoms with Crippen molar-refractivity contribution in [2.75, 3.05) is 24.5 Å². The summed E-state index contributed by atoms with van der Waals surface area (Å²) < 4.78 is 0. The fourth-order valence-corrected chi connectivity index (χ4v) is 5.89. The van der Waals surface area contributed by atoms with Gasteiger partial charge in [-0.1, -0.05) is 61.4 Å². The third kappa shape index (κ3) is 4.98. The lowest BCUT2D eigenvalue weighted by Crippen LogP contribution is -2.50. The van der Waals surface area contributed by atoms with E-state index < -0.39 is 0 Å².